The highest BCUT2D eigenvalue weighted by Gasteiger charge is 2.25. The maximum atomic E-state index is 13.4. The number of amides is 2. The van der Waals surface area contributed by atoms with Crippen LogP contribution in [0.25, 0.3) is 10.9 Å². The van der Waals surface area contributed by atoms with Crippen molar-refractivity contribution in [1.29, 1.82) is 0 Å². The predicted octanol–water partition coefficient (Wildman–Crippen LogP) is 3.29. The summed E-state index contributed by atoms with van der Waals surface area (Å²) < 4.78 is 1.90. The Morgan fingerprint density at radius 2 is 1.92 bits per heavy atom. The van der Waals surface area contributed by atoms with Crippen LogP contribution in [0, 0.1) is 6.92 Å². The van der Waals surface area contributed by atoms with Gasteiger partial charge in [-0.1, -0.05) is 48.0 Å². The molecule has 37 heavy (non-hydrogen) atoms. The van der Waals surface area contributed by atoms with Crippen LogP contribution in [0.4, 0.5) is 0 Å². The molecule has 4 rings (SSSR count). The molecule has 0 unspecified atom stereocenters. The number of aliphatic hydroxyl groups excluding tert-OH is 1. The van der Waals surface area contributed by atoms with Gasteiger partial charge in [-0.05, 0) is 48.6 Å². The molecule has 0 aliphatic heterocycles. The second kappa shape index (κ2) is 12.1. The number of aliphatic hydroxyl groups is 1. The number of likely N-dealkylation sites (N-methyl/N-ethyl adjacent to an activating group) is 1. The number of carbonyl (C=O) groups is 2. The fourth-order valence-electron chi connectivity index (χ4n) is 4.70. The van der Waals surface area contributed by atoms with E-state index in [2.05, 4.69) is 15.5 Å². The molecule has 0 spiro atoms. The van der Waals surface area contributed by atoms with Gasteiger partial charge in [-0.3, -0.25) is 14.7 Å². The number of aromatic nitrogens is 3. The zero-order valence-corrected chi connectivity index (χ0v) is 21.8. The summed E-state index contributed by atoms with van der Waals surface area (Å²) >= 11 is 6.49. The molecular formula is C28H32ClN5O3. The number of hydrogen-bond acceptors (Lipinski definition) is 4. The first-order chi connectivity index (χ1) is 17.9. The molecule has 0 saturated carbocycles. The zero-order chi connectivity index (χ0) is 26.4. The van der Waals surface area contributed by atoms with E-state index in [1.54, 1.807) is 18.1 Å². The summed E-state index contributed by atoms with van der Waals surface area (Å²) in [5.41, 5.74) is 4.59. The minimum Gasteiger partial charge on any atom is -0.396 e. The van der Waals surface area contributed by atoms with Crippen molar-refractivity contribution in [2.24, 2.45) is 0 Å². The average Bonchev–Trinajstić information content (AvgIpc) is 3.51. The minimum absolute atomic E-state index is 0.0177. The molecule has 0 aliphatic carbocycles. The van der Waals surface area contributed by atoms with Gasteiger partial charge in [0.1, 0.15) is 12.6 Å². The van der Waals surface area contributed by atoms with Gasteiger partial charge in [-0.15, -0.1) is 0 Å². The van der Waals surface area contributed by atoms with Gasteiger partial charge in [0.15, 0.2) is 0 Å². The lowest BCUT2D eigenvalue weighted by molar-refractivity contribution is -0.135. The number of rotatable bonds is 11. The second-order valence-corrected chi connectivity index (χ2v) is 9.59. The first kappa shape index (κ1) is 26.4. The van der Waals surface area contributed by atoms with Crippen molar-refractivity contribution < 1.29 is 14.7 Å². The van der Waals surface area contributed by atoms with E-state index in [1.807, 2.05) is 66.2 Å². The number of aromatic amines is 1. The number of nitrogens with one attached hydrogen (secondary N) is 2. The Bertz CT molecular complexity index is 1350. The average molecular weight is 522 g/mol. The molecule has 2 aromatic heterocycles. The van der Waals surface area contributed by atoms with Crippen LogP contribution in [0.15, 0.2) is 60.9 Å². The number of carbonyl (C=O) groups excluding carboxylic acids is 2. The van der Waals surface area contributed by atoms with Crippen molar-refractivity contribution in [3.63, 3.8) is 0 Å². The van der Waals surface area contributed by atoms with Crippen LogP contribution in [0.2, 0.25) is 5.02 Å². The van der Waals surface area contributed by atoms with Crippen molar-refractivity contribution >= 4 is 34.3 Å². The smallest absolute Gasteiger partial charge is 0.245 e. The van der Waals surface area contributed by atoms with Gasteiger partial charge in [0.25, 0.3) is 0 Å². The van der Waals surface area contributed by atoms with Gasteiger partial charge in [-0.2, -0.15) is 5.10 Å². The van der Waals surface area contributed by atoms with E-state index < -0.39 is 6.04 Å². The third-order valence-electron chi connectivity index (χ3n) is 6.67. The Balaban J connectivity index is 1.54. The molecule has 1 atom stereocenters. The lowest BCUT2D eigenvalue weighted by Crippen LogP contribution is -2.49. The van der Waals surface area contributed by atoms with E-state index in [9.17, 15) is 14.7 Å². The van der Waals surface area contributed by atoms with Gasteiger partial charge in [0.2, 0.25) is 11.8 Å². The largest absolute Gasteiger partial charge is 0.396 e. The molecule has 0 aliphatic rings. The highest BCUT2D eigenvalue weighted by molar-refractivity contribution is 6.35. The van der Waals surface area contributed by atoms with E-state index in [0.717, 1.165) is 33.3 Å². The summed E-state index contributed by atoms with van der Waals surface area (Å²) in [6.07, 6.45) is 5.03. The van der Waals surface area contributed by atoms with Crippen LogP contribution in [-0.2, 0) is 35.4 Å². The molecule has 0 radical (unpaired) electrons. The topological polar surface area (TPSA) is 103 Å². The first-order valence-corrected chi connectivity index (χ1v) is 12.7. The molecule has 3 N–H and O–H groups in total. The molecule has 194 valence electrons. The number of benzene rings is 2. The number of H-pyrrole nitrogens is 1. The van der Waals surface area contributed by atoms with Gasteiger partial charge in [0, 0.05) is 43.9 Å². The summed E-state index contributed by atoms with van der Waals surface area (Å²) in [7, 11) is 1.75. The van der Waals surface area contributed by atoms with Crippen LogP contribution < -0.4 is 5.32 Å². The van der Waals surface area contributed by atoms with Gasteiger partial charge in [-0.25, -0.2) is 0 Å². The quantitative estimate of drug-likeness (QED) is 0.282. The van der Waals surface area contributed by atoms with Crippen molar-refractivity contribution in [1.82, 2.24) is 25.0 Å². The minimum atomic E-state index is -0.716. The molecule has 4 aromatic rings. The summed E-state index contributed by atoms with van der Waals surface area (Å²) in [5.74, 6) is -0.424. The highest BCUT2D eigenvalue weighted by atomic mass is 35.5. The van der Waals surface area contributed by atoms with E-state index >= 15 is 0 Å². The van der Waals surface area contributed by atoms with E-state index in [4.69, 9.17) is 11.6 Å². The molecule has 0 saturated heterocycles. The summed E-state index contributed by atoms with van der Waals surface area (Å²) in [6.45, 7) is 2.44. The third kappa shape index (κ3) is 6.21. The van der Waals surface area contributed by atoms with Gasteiger partial charge < -0.3 is 19.9 Å². The monoisotopic (exact) mass is 521 g/mol. The zero-order valence-electron chi connectivity index (χ0n) is 21.1. The third-order valence-corrected chi connectivity index (χ3v) is 6.99. The standard InChI is InChI=1S/C28H32ClN5O3/c1-19-22(12-14-35)27-23(29)9-6-10-25(27)34(19)18-26(36)32-24(15-20-7-4-3-5-8-20)28(37)33(2)13-11-21-16-30-31-17-21/h3-10,16-17,24,35H,11-15,18H2,1-2H3,(H,30,31)(H,32,36)/t24-/m0/s1. The van der Waals surface area contributed by atoms with Crippen molar-refractivity contribution in [2.45, 2.75) is 38.8 Å². The maximum Gasteiger partial charge on any atom is 0.245 e. The van der Waals surface area contributed by atoms with E-state index in [1.165, 1.54) is 0 Å². The molecular weight excluding hydrogens is 490 g/mol. The van der Waals surface area contributed by atoms with Crippen molar-refractivity contribution in [3.8, 4) is 0 Å². The van der Waals surface area contributed by atoms with Gasteiger partial charge >= 0.3 is 0 Å². The Morgan fingerprint density at radius 3 is 2.62 bits per heavy atom. The summed E-state index contributed by atoms with van der Waals surface area (Å²) in [5, 5.41) is 20.7. The summed E-state index contributed by atoms with van der Waals surface area (Å²) in [4.78, 5) is 28.4. The molecule has 2 aromatic carbocycles. The number of fused-ring (bicyclic) bond motifs is 1. The predicted molar refractivity (Wildman–Crippen MR) is 144 cm³/mol. The normalized spacial score (nSPS) is 12.0. The highest BCUT2D eigenvalue weighted by Crippen LogP contribution is 2.32. The Kier molecular flexibility index (Phi) is 8.63. The molecule has 8 nitrogen and oxygen atoms in total. The fraction of sp³-hybridized carbons (Fsp3) is 0.321. The van der Waals surface area contributed by atoms with Crippen LogP contribution >= 0.6 is 11.6 Å². The molecule has 2 heterocycles. The fourth-order valence-corrected chi connectivity index (χ4v) is 4.99. The van der Waals surface area contributed by atoms with Crippen LogP contribution in [0.5, 0.6) is 0 Å². The summed E-state index contributed by atoms with van der Waals surface area (Å²) in [6, 6.07) is 14.5. The van der Waals surface area contributed by atoms with Gasteiger partial charge in [0.05, 0.1) is 16.7 Å². The number of halogens is 1. The molecule has 0 fully saturated rings. The van der Waals surface area contributed by atoms with Crippen molar-refractivity contribution in [3.05, 3.63) is 88.3 Å². The van der Waals surface area contributed by atoms with Crippen molar-refractivity contribution in [2.75, 3.05) is 20.2 Å². The Labute approximate surface area is 221 Å². The number of hydrogen-bond donors (Lipinski definition) is 3. The SMILES string of the molecule is Cc1c(CCO)c2c(Cl)cccc2n1CC(=O)N[C@@H](Cc1ccccc1)C(=O)N(C)CCc1cn[nH]c1. The molecule has 0 bridgehead atoms. The number of nitrogens with zero attached hydrogens (tertiary/aromatic N) is 3. The maximum absolute atomic E-state index is 13.4. The van der Waals surface area contributed by atoms with Crippen LogP contribution in [0.3, 0.4) is 0 Å². The second-order valence-electron chi connectivity index (χ2n) is 9.18. The van der Waals surface area contributed by atoms with Crippen LogP contribution in [-0.4, -0.2) is 62.8 Å². The lowest BCUT2D eigenvalue weighted by Gasteiger charge is -2.25. The lowest BCUT2D eigenvalue weighted by atomic mass is 10.0. The Morgan fingerprint density at radius 1 is 1.14 bits per heavy atom. The molecule has 9 heteroatoms. The van der Waals surface area contributed by atoms with E-state index in [0.29, 0.717) is 30.8 Å². The Hall–Kier alpha value is -3.62. The van der Waals surface area contributed by atoms with E-state index in [-0.39, 0.29) is 25.0 Å². The first-order valence-electron chi connectivity index (χ1n) is 12.3. The van der Waals surface area contributed by atoms with Crippen LogP contribution in [0.1, 0.15) is 22.4 Å². The molecule has 2 amide bonds.